The number of piperidine rings is 1. The first-order valence-electron chi connectivity index (χ1n) is 8.84. The standard InChI is InChI=1S/C19H28N2O3/c1-4-18(22)21(15-9-7-6-8-10-15)17-11-12-20-16(14(17)3)13-19(23)24-5-2/h6-10,14,16-17,20H,4-5,11-13H2,1-3H3/t14-,16?,17-/m0/s1. The summed E-state index contributed by atoms with van der Waals surface area (Å²) in [6.07, 6.45) is 1.68. The van der Waals surface area contributed by atoms with E-state index < -0.39 is 0 Å². The van der Waals surface area contributed by atoms with Crippen molar-refractivity contribution >= 4 is 17.6 Å². The Morgan fingerprint density at radius 1 is 1.25 bits per heavy atom. The van der Waals surface area contributed by atoms with Crippen LogP contribution >= 0.6 is 0 Å². The molecule has 1 unspecified atom stereocenters. The van der Waals surface area contributed by atoms with Crippen LogP contribution in [0.2, 0.25) is 0 Å². The number of carbonyl (C=O) groups excluding carboxylic acids is 2. The number of esters is 1. The van der Waals surface area contributed by atoms with Crippen molar-refractivity contribution in [3.8, 4) is 0 Å². The molecule has 0 aromatic heterocycles. The molecule has 1 heterocycles. The number of rotatable bonds is 6. The fourth-order valence-corrected chi connectivity index (χ4v) is 3.43. The molecular formula is C19H28N2O3. The Bertz CT molecular complexity index is 547. The van der Waals surface area contributed by atoms with E-state index >= 15 is 0 Å². The Morgan fingerprint density at radius 3 is 2.58 bits per heavy atom. The van der Waals surface area contributed by atoms with E-state index in [1.807, 2.05) is 49.1 Å². The van der Waals surface area contributed by atoms with Crippen LogP contribution in [-0.4, -0.2) is 37.1 Å². The van der Waals surface area contributed by atoms with E-state index in [0.717, 1.165) is 18.7 Å². The van der Waals surface area contributed by atoms with Gasteiger partial charge in [0.1, 0.15) is 0 Å². The molecule has 24 heavy (non-hydrogen) atoms. The third-order valence-electron chi connectivity index (χ3n) is 4.72. The molecular weight excluding hydrogens is 304 g/mol. The lowest BCUT2D eigenvalue weighted by atomic mass is 9.84. The number of para-hydroxylation sites is 1. The van der Waals surface area contributed by atoms with Crippen LogP contribution in [0.3, 0.4) is 0 Å². The molecule has 5 heteroatoms. The van der Waals surface area contributed by atoms with Crippen LogP contribution in [0.1, 0.15) is 40.0 Å². The molecule has 1 aliphatic heterocycles. The van der Waals surface area contributed by atoms with E-state index in [2.05, 4.69) is 12.2 Å². The first kappa shape index (κ1) is 18.5. The van der Waals surface area contributed by atoms with E-state index in [-0.39, 0.29) is 29.9 Å². The summed E-state index contributed by atoms with van der Waals surface area (Å²) in [6.45, 7) is 7.00. The quantitative estimate of drug-likeness (QED) is 0.814. The zero-order chi connectivity index (χ0) is 17.5. The summed E-state index contributed by atoms with van der Waals surface area (Å²) < 4.78 is 5.08. The molecule has 1 aromatic carbocycles. The second-order valence-electron chi connectivity index (χ2n) is 6.24. The fraction of sp³-hybridized carbons (Fsp3) is 0.579. The van der Waals surface area contributed by atoms with Crippen LogP contribution in [0.15, 0.2) is 30.3 Å². The average molecular weight is 332 g/mol. The molecule has 1 saturated heterocycles. The average Bonchev–Trinajstić information content (AvgIpc) is 2.59. The maximum Gasteiger partial charge on any atom is 0.307 e. The summed E-state index contributed by atoms with van der Waals surface area (Å²) >= 11 is 0. The van der Waals surface area contributed by atoms with Gasteiger partial charge in [-0.2, -0.15) is 0 Å². The van der Waals surface area contributed by atoms with Crippen LogP contribution in [0.25, 0.3) is 0 Å². The minimum Gasteiger partial charge on any atom is -0.466 e. The van der Waals surface area contributed by atoms with Crippen LogP contribution in [-0.2, 0) is 14.3 Å². The Morgan fingerprint density at radius 2 is 1.96 bits per heavy atom. The summed E-state index contributed by atoms with van der Waals surface area (Å²) in [6, 6.07) is 9.92. The highest BCUT2D eigenvalue weighted by Gasteiger charge is 2.37. The number of ether oxygens (including phenoxy) is 1. The number of carbonyl (C=O) groups is 2. The van der Waals surface area contributed by atoms with Gasteiger partial charge in [0.05, 0.1) is 13.0 Å². The van der Waals surface area contributed by atoms with Gasteiger partial charge in [0.15, 0.2) is 0 Å². The van der Waals surface area contributed by atoms with Gasteiger partial charge in [0, 0.05) is 24.2 Å². The summed E-state index contributed by atoms with van der Waals surface area (Å²) in [5.41, 5.74) is 0.929. The summed E-state index contributed by atoms with van der Waals surface area (Å²) in [4.78, 5) is 26.4. The lowest BCUT2D eigenvalue weighted by molar-refractivity contribution is -0.144. The number of nitrogens with one attached hydrogen (secondary N) is 1. The SMILES string of the molecule is CCOC(=O)CC1NCC[C@H](N(C(=O)CC)c2ccccc2)[C@H]1C. The predicted octanol–water partition coefficient (Wildman–Crippen LogP) is 2.75. The van der Waals surface area contributed by atoms with Crippen LogP contribution in [0.4, 0.5) is 5.69 Å². The normalized spacial score (nSPS) is 23.5. The van der Waals surface area contributed by atoms with E-state index in [9.17, 15) is 9.59 Å². The van der Waals surface area contributed by atoms with Crippen molar-refractivity contribution < 1.29 is 14.3 Å². The third-order valence-corrected chi connectivity index (χ3v) is 4.72. The number of hydrogen-bond donors (Lipinski definition) is 1. The molecule has 1 aliphatic rings. The van der Waals surface area contributed by atoms with Crippen LogP contribution in [0, 0.1) is 5.92 Å². The number of hydrogen-bond acceptors (Lipinski definition) is 4. The second-order valence-corrected chi connectivity index (χ2v) is 6.24. The van der Waals surface area contributed by atoms with E-state index in [1.54, 1.807) is 0 Å². The number of anilines is 1. The van der Waals surface area contributed by atoms with Gasteiger partial charge in [0.25, 0.3) is 0 Å². The molecule has 1 amide bonds. The monoisotopic (exact) mass is 332 g/mol. The highest BCUT2D eigenvalue weighted by Crippen LogP contribution is 2.29. The first-order chi connectivity index (χ1) is 11.6. The van der Waals surface area contributed by atoms with Gasteiger partial charge in [-0.25, -0.2) is 0 Å². The summed E-state index contributed by atoms with van der Waals surface area (Å²) in [7, 11) is 0. The molecule has 132 valence electrons. The van der Waals surface area contributed by atoms with Gasteiger partial charge in [-0.05, 0) is 37.9 Å². The zero-order valence-corrected chi connectivity index (χ0v) is 14.8. The Hall–Kier alpha value is -1.88. The molecule has 0 aliphatic carbocycles. The van der Waals surface area contributed by atoms with Crippen molar-refractivity contribution in [2.45, 2.75) is 52.1 Å². The van der Waals surface area contributed by atoms with Gasteiger partial charge < -0.3 is 15.0 Å². The van der Waals surface area contributed by atoms with Gasteiger partial charge in [-0.3, -0.25) is 9.59 Å². The summed E-state index contributed by atoms with van der Waals surface area (Å²) in [5, 5.41) is 3.41. The highest BCUT2D eigenvalue weighted by atomic mass is 16.5. The van der Waals surface area contributed by atoms with Gasteiger partial charge in [-0.1, -0.05) is 32.0 Å². The van der Waals surface area contributed by atoms with Crippen molar-refractivity contribution in [3.63, 3.8) is 0 Å². The Labute approximate surface area is 144 Å². The smallest absolute Gasteiger partial charge is 0.307 e. The molecule has 0 saturated carbocycles. The molecule has 0 bridgehead atoms. The van der Waals surface area contributed by atoms with Crippen molar-refractivity contribution in [3.05, 3.63) is 30.3 Å². The van der Waals surface area contributed by atoms with E-state index in [1.165, 1.54) is 0 Å². The van der Waals surface area contributed by atoms with Crippen molar-refractivity contribution in [2.24, 2.45) is 5.92 Å². The predicted molar refractivity (Wildman–Crippen MR) is 94.8 cm³/mol. The highest BCUT2D eigenvalue weighted by molar-refractivity contribution is 5.93. The largest absolute Gasteiger partial charge is 0.466 e. The number of nitrogens with zero attached hydrogens (tertiary/aromatic N) is 1. The van der Waals surface area contributed by atoms with Crippen LogP contribution in [0.5, 0.6) is 0 Å². The maximum atomic E-state index is 12.6. The second kappa shape index (κ2) is 8.83. The third kappa shape index (κ3) is 4.35. The molecule has 1 aromatic rings. The number of amides is 1. The molecule has 0 radical (unpaired) electrons. The zero-order valence-electron chi connectivity index (χ0n) is 14.8. The molecule has 2 rings (SSSR count). The van der Waals surface area contributed by atoms with Crippen molar-refractivity contribution in [1.82, 2.24) is 5.32 Å². The molecule has 0 spiro atoms. The maximum absolute atomic E-state index is 12.6. The minimum atomic E-state index is -0.185. The molecule has 5 nitrogen and oxygen atoms in total. The van der Waals surface area contributed by atoms with Crippen molar-refractivity contribution in [2.75, 3.05) is 18.1 Å². The van der Waals surface area contributed by atoms with Crippen LogP contribution < -0.4 is 10.2 Å². The van der Waals surface area contributed by atoms with Gasteiger partial charge >= 0.3 is 5.97 Å². The van der Waals surface area contributed by atoms with E-state index in [0.29, 0.717) is 19.4 Å². The van der Waals surface area contributed by atoms with Gasteiger partial charge in [-0.15, -0.1) is 0 Å². The van der Waals surface area contributed by atoms with Gasteiger partial charge in [0.2, 0.25) is 5.91 Å². The molecule has 1 fully saturated rings. The Kier molecular flexibility index (Phi) is 6.79. The topological polar surface area (TPSA) is 58.6 Å². The number of benzene rings is 1. The molecule has 1 N–H and O–H groups in total. The lowest BCUT2D eigenvalue weighted by Crippen LogP contribution is -2.56. The minimum absolute atomic E-state index is 0.0265. The summed E-state index contributed by atoms with van der Waals surface area (Å²) in [5.74, 6) is 0.101. The van der Waals surface area contributed by atoms with Crippen molar-refractivity contribution in [1.29, 1.82) is 0 Å². The molecule has 3 atom stereocenters. The lowest BCUT2D eigenvalue weighted by Gasteiger charge is -2.43. The fourth-order valence-electron chi connectivity index (χ4n) is 3.43. The Balaban J connectivity index is 2.19. The first-order valence-corrected chi connectivity index (χ1v) is 8.84. The van der Waals surface area contributed by atoms with E-state index in [4.69, 9.17) is 4.74 Å².